The van der Waals surface area contributed by atoms with Crippen LogP contribution in [0.5, 0.6) is 0 Å². The molecule has 0 aromatic carbocycles. The molecule has 8 aliphatic carbocycles. The predicted octanol–water partition coefficient (Wildman–Crippen LogP) is 5.38. The van der Waals surface area contributed by atoms with Gasteiger partial charge in [0.2, 0.25) is 0 Å². The van der Waals surface area contributed by atoms with E-state index < -0.39 is 52.4 Å². The Hall–Kier alpha value is -2.00. The van der Waals surface area contributed by atoms with Crippen LogP contribution in [-0.2, 0) is 14.4 Å². The smallest absolute Gasteiger partial charge is 0.190 e. The van der Waals surface area contributed by atoms with E-state index in [9.17, 15) is 34.8 Å². The summed E-state index contributed by atoms with van der Waals surface area (Å²) in [4.78, 5) is 36.0. The maximum Gasteiger partial charge on any atom is 0.190 e. The number of hydrogen-bond donors (Lipinski definition) is 4. The fourth-order valence-corrected chi connectivity index (χ4v) is 13.4. The van der Waals surface area contributed by atoms with Crippen molar-refractivity contribution in [3.63, 3.8) is 0 Å². The van der Waals surface area contributed by atoms with Crippen LogP contribution >= 0.6 is 0 Å². The van der Waals surface area contributed by atoms with Crippen molar-refractivity contribution in [1.29, 1.82) is 0 Å². The highest BCUT2D eigenvalue weighted by atomic mass is 19.1. The van der Waals surface area contributed by atoms with Crippen LogP contribution in [0.25, 0.3) is 0 Å². The number of carbonyl (C=O) groups is 3. The Balaban J connectivity index is 0.000000160. The van der Waals surface area contributed by atoms with Gasteiger partial charge in [0, 0.05) is 23.2 Å². The maximum atomic E-state index is 16.9. The third-order valence-electron chi connectivity index (χ3n) is 16.0. The van der Waals surface area contributed by atoms with Crippen LogP contribution < -0.4 is 0 Å². The molecule has 0 aromatic rings. The van der Waals surface area contributed by atoms with Crippen molar-refractivity contribution in [2.75, 3.05) is 6.61 Å². The minimum atomic E-state index is -1.98. The highest BCUT2D eigenvalue weighted by Gasteiger charge is 2.75. The molecule has 0 heterocycles. The van der Waals surface area contributed by atoms with Gasteiger partial charge in [-0.1, -0.05) is 38.0 Å². The molecule has 0 saturated heterocycles. The number of hydrogen-bond acceptors (Lipinski definition) is 7. The van der Waals surface area contributed by atoms with E-state index in [-0.39, 0.29) is 29.6 Å². The lowest BCUT2D eigenvalue weighted by Crippen LogP contribution is -2.69. The molecule has 8 heteroatoms. The summed E-state index contributed by atoms with van der Waals surface area (Å²) in [7, 11) is 0. The van der Waals surface area contributed by atoms with Gasteiger partial charge >= 0.3 is 0 Å². The average molecular weight is 667 g/mol. The number of carbonyl (C=O) groups excluding carboxylic acids is 3. The quantitative estimate of drug-likeness (QED) is 0.311. The largest absolute Gasteiger partial charge is 0.393 e. The second kappa shape index (κ2) is 11.5. The lowest BCUT2D eigenvalue weighted by atomic mass is 9.44. The summed E-state index contributed by atoms with van der Waals surface area (Å²) in [6.45, 7) is 6.81. The van der Waals surface area contributed by atoms with Gasteiger partial charge < -0.3 is 20.4 Å². The van der Waals surface area contributed by atoms with Gasteiger partial charge in [-0.15, -0.1) is 0 Å². The Labute approximate surface area is 284 Å². The number of rotatable bonds is 2. The lowest BCUT2D eigenvalue weighted by molar-refractivity contribution is -0.219. The van der Waals surface area contributed by atoms with E-state index in [1.165, 1.54) is 43.4 Å². The second-order valence-corrected chi connectivity index (χ2v) is 17.7. The standard InChI is InChI=1S/C22H29FO5.C18H26O2/c1-12-8-16-15-5-4-13-9-14(25)6-7-19(13,2)21(15,23)17(26)10-20(16,3)22(12,28)18(27)11-24;1-18-9-8-14-13-5-3-12(19)10-11(13)2-4-15(14)16(18)6-7-17(18)20/h6-7,9,12,15-17,24,26,28H,4-5,8,10-11H2,1-3H3;10,13-17,20H,2-9H2,1H3/t12-,15+,16+,17+,19+,20+,21+,22+;13-,14+,15+,16-,17-,18-/m10/s1. The fourth-order valence-electron chi connectivity index (χ4n) is 13.4. The molecule has 6 saturated carbocycles. The molecule has 7 nitrogen and oxygen atoms in total. The second-order valence-electron chi connectivity index (χ2n) is 17.7. The summed E-state index contributed by atoms with van der Waals surface area (Å²) in [5.41, 5.74) is -3.52. The zero-order valence-electron chi connectivity index (χ0n) is 29.1. The summed E-state index contributed by atoms with van der Waals surface area (Å²) in [6.07, 6.45) is 15.3. The molecule has 0 unspecified atom stereocenters. The van der Waals surface area contributed by atoms with Gasteiger partial charge in [-0.3, -0.25) is 14.4 Å². The van der Waals surface area contributed by atoms with E-state index in [1.54, 1.807) is 26.8 Å². The van der Waals surface area contributed by atoms with Gasteiger partial charge in [-0.05, 0) is 137 Å². The van der Waals surface area contributed by atoms with Crippen LogP contribution in [-0.4, -0.2) is 67.9 Å². The van der Waals surface area contributed by atoms with Crippen molar-refractivity contribution in [2.24, 2.45) is 57.7 Å². The van der Waals surface area contributed by atoms with Crippen molar-refractivity contribution in [2.45, 2.75) is 128 Å². The average Bonchev–Trinajstić information content (AvgIpc) is 3.47. The third kappa shape index (κ3) is 4.46. The molecular formula is C40H55FO7. The van der Waals surface area contributed by atoms with E-state index in [2.05, 4.69) is 6.92 Å². The molecule has 0 amide bonds. The molecule has 0 aliphatic heterocycles. The van der Waals surface area contributed by atoms with Crippen LogP contribution in [0, 0.1) is 57.7 Å². The molecule has 8 rings (SSSR count). The van der Waals surface area contributed by atoms with Crippen molar-refractivity contribution >= 4 is 17.3 Å². The Morgan fingerprint density at radius 3 is 2.38 bits per heavy atom. The molecule has 4 N–H and O–H groups in total. The lowest BCUT2D eigenvalue weighted by Gasteiger charge is -2.62. The molecule has 48 heavy (non-hydrogen) atoms. The number of alkyl halides is 1. The molecule has 6 fully saturated rings. The first kappa shape index (κ1) is 34.4. The highest BCUT2D eigenvalue weighted by molar-refractivity contribution is 6.01. The summed E-state index contributed by atoms with van der Waals surface area (Å²) < 4.78 is 16.9. The minimum Gasteiger partial charge on any atom is -0.393 e. The number of Topliss-reactive ketones (excluding diaryl/α,β-unsaturated/α-hetero) is 1. The fraction of sp³-hybridized carbons (Fsp3) is 0.775. The van der Waals surface area contributed by atoms with E-state index in [0.717, 1.165) is 43.4 Å². The van der Waals surface area contributed by atoms with Crippen molar-refractivity contribution < 1.29 is 39.2 Å². The molecule has 8 aliphatic rings. The number of fused-ring (bicyclic) bond motifs is 10. The molecule has 14 atom stereocenters. The topological polar surface area (TPSA) is 132 Å². The summed E-state index contributed by atoms with van der Waals surface area (Å²) >= 11 is 0. The number of ketones is 3. The van der Waals surface area contributed by atoms with Crippen molar-refractivity contribution in [3.8, 4) is 0 Å². The van der Waals surface area contributed by atoms with E-state index in [0.29, 0.717) is 36.5 Å². The first-order valence-corrected chi connectivity index (χ1v) is 18.6. The van der Waals surface area contributed by atoms with Crippen LogP contribution in [0.4, 0.5) is 4.39 Å². The molecule has 0 bridgehead atoms. The van der Waals surface area contributed by atoms with Crippen LogP contribution in [0.3, 0.4) is 0 Å². The number of aliphatic hydroxyl groups excluding tert-OH is 3. The van der Waals surface area contributed by atoms with Gasteiger partial charge in [0.1, 0.15) is 12.2 Å². The van der Waals surface area contributed by atoms with Crippen molar-refractivity contribution in [3.05, 3.63) is 35.5 Å². The van der Waals surface area contributed by atoms with Crippen LogP contribution in [0.15, 0.2) is 35.5 Å². The number of aliphatic hydroxyl groups is 4. The van der Waals surface area contributed by atoms with Gasteiger partial charge in [0.15, 0.2) is 23.0 Å². The van der Waals surface area contributed by atoms with Crippen molar-refractivity contribution in [1.82, 2.24) is 0 Å². The van der Waals surface area contributed by atoms with Gasteiger partial charge in [-0.2, -0.15) is 0 Å². The first-order valence-electron chi connectivity index (χ1n) is 18.6. The molecule has 264 valence electrons. The Bertz CT molecular complexity index is 1480. The molecular weight excluding hydrogens is 611 g/mol. The van der Waals surface area contributed by atoms with E-state index >= 15 is 4.39 Å². The minimum absolute atomic E-state index is 0.0676. The summed E-state index contributed by atoms with van der Waals surface area (Å²) in [5.74, 6) is 1.26. The molecule has 0 spiro atoms. The number of halogens is 1. The molecule has 0 radical (unpaired) electrons. The SMILES string of the molecule is C[C@@H]1C[C@H]2[C@@H]3CCC4=CC(=O)C=C[C@]4(C)[C@@]3(F)[C@@H](O)C[C@]2(C)[C@@]1(O)C(=O)CO.C[C@]12CC[C@H]3[C@@H](CCC4=CC(=O)CC[C@@H]43)[C@@H]1CC[C@@H]2O. The van der Waals surface area contributed by atoms with E-state index in [1.807, 2.05) is 6.08 Å². The summed E-state index contributed by atoms with van der Waals surface area (Å²) in [6, 6.07) is 0. The highest BCUT2D eigenvalue weighted by Crippen LogP contribution is 2.71. The van der Waals surface area contributed by atoms with E-state index in [4.69, 9.17) is 0 Å². The normalized spacial score (nSPS) is 51.9. The predicted molar refractivity (Wildman–Crippen MR) is 178 cm³/mol. The third-order valence-corrected chi connectivity index (χ3v) is 16.0. The Kier molecular flexibility index (Phi) is 8.26. The number of allylic oxidation sites excluding steroid dienone is 5. The maximum absolute atomic E-state index is 16.9. The summed E-state index contributed by atoms with van der Waals surface area (Å²) in [5, 5.41) is 42.3. The van der Waals surface area contributed by atoms with Crippen LogP contribution in [0.1, 0.15) is 105 Å². The van der Waals surface area contributed by atoms with Gasteiger partial charge in [0.25, 0.3) is 0 Å². The van der Waals surface area contributed by atoms with Gasteiger partial charge in [0.05, 0.1) is 12.2 Å². The zero-order chi connectivity index (χ0) is 34.6. The van der Waals surface area contributed by atoms with Gasteiger partial charge in [-0.25, -0.2) is 4.39 Å². The van der Waals surface area contributed by atoms with Crippen LogP contribution in [0.2, 0.25) is 0 Å². The monoisotopic (exact) mass is 666 g/mol. The Morgan fingerprint density at radius 1 is 0.896 bits per heavy atom. The first-order chi connectivity index (χ1) is 22.6. The zero-order valence-corrected chi connectivity index (χ0v) is 29.1. The molecule has 0 aromatic heterocycles. The Morgan fingerprint density at radius 2 is 1.65 bits per heavy atom.